The van der Waals surface area contributed by atoms with Crippen LogP contribution in [0.1, 0.15) is 5.56 Å². The van der Waals surface area contributed by atoms with Crippen molar-refractivity contribution in [1.29, 1.82) is 0 Å². The first-order valence-corrected chi connectivity index (χ1v) is 7.95. The third kappa shape index (κ3) is 2.75. The lowest BCUT2D eigenvalue weighted by Gasteiger charge is -2.03. The predicted molar refractivity (Wildman–Crippen MR) is 95.9 cm³/mol. The lowest BCUT2D eigenvalue weighted by atomic mass is 10.1. The zero-order valence-electron chi connectivity index (χ0n) is 13.9. The molecule has 0 saturated heterocycles. The minimum absolute atomic E-state index is 0.0262. The fraction of sp³-hybridized carbons (Fsp3) is 0.0526. The van der Waals surface area contributed by atoms with Gasteiger partial charge in [0.15, 0.2) is 0 Å². The van der Waals surface area contributed by atoms with E-state index in [1.54, 1.807) is 19.1 Å². The Morgan fingerprint density at radius 2 is 1.77 bits per heavy atom. The number of rotatable bonds is 4. The molecule has 0 saturated carbocycles. The van der Waals surface area contributed by atoms with Gasteiger partial charge in [0.05, 0.1) is 4.92 Å². The van der Waals surface area contributed by atoms with Crippen molar-refractivity contribution in [1.82, 2.24) is 14.7 Å². The van der Waals surface area contributed by atoms with Gasteiger partial charge >= 0.3 is 0 Å². The molecule has 0 fully saturated rings. The molecule has 4 aromatic rings. The Kier molecular flexibility index (Phi) is 3.81. The molecule has 7 heteroatoms. The molecule has 2 aromatic carbocycles. The van der Waals surface area contributed by atoms with E-state index in [-0.39, 0.29) is 11.6 Å². The molecular weight excluding hydrogens is 332 g/mol. The van der Waals surface area contributed by atoms with Gasteiger partial charge in [-0.15, -0.1) is 0 Å². The van der Waals surface area contributed by atoms with Crippen molar-refractivity contribution in [2.75, 3.05) is 0 Å². The summed E-state index contributed by atoms with van der Waals surface area (Å²) < 4.78 is 7.33. The minimum atomic E-state index is -0.421. The summed E-state index contributed by atoms with van der Waals surface area (Å²) in [6.45, 7) is 1.67. The Balaban J connectivity index is 1.67. The zero-order chi connectivity index (χ0) is 18.1. The summed E-state index contributed by atoms with van der Waals surface area (Å²) >= 11 is 0. The number of nitrogens with zero attached hydrogens (tertiary/aromatic N) is 4. The second-order valence-electron chi connectivity index (χ2n) is 5.77. The average molecular weight is 346 g/mol. The Labute approximate surface area is 148 Å². The smallest absolute Gasteiger partial charge is 0.273 e. The maximum Gasteiger partial charge on any atom is 0.273 e. The summed E-state index contributed by atoms with van der Waals surface area (Å²) in [5.41, 5.74) is 2.91. The molecule has 2 heterocycles. The van der Waals surface area contributed by atoms with Crippen LogP contribution in [-0.4, -0.2) is 19.6 Å². The van der Waals surface area contributed by atoms with Crippen LogP contribution in [0.25, 0.3) is 28.5 Å². The molecular formula is C19H14N4O3. The van der Waals surface area contributed by atoms with Crippen molar-refractivity contribution in [2.45, 2.75) is 6.92 Å². The molecule has 0 spiro atoms. The van der Waals surface area contributed by atoms with Gasteiger partial charge in [-0.2, -0.15) is 4.98 Å². The highest BCUT2D eigenvalue weighted by Gasteiger charge is 2.19. The van der Waals surface area contributed by atoms with E-state index in [9.17, 15) is 10.1 Å². The molecule has 0 N–H and O–H groups in total. The van der Waals surface area contributed by atoms with E-state index in [1.165, 1.54) is 6.07 Å². The van der Waals surface area contributed by atoms with Crippen LogP contribution in [0.2, 0.25) is 0 Å². The predicted octanol–water partition coefficient (Wildman–Crippen LogP) is 4.41. The van der Waals surface area contributed by atoms with Gasteiger partial charge in [-0.05, 0) is 49.4 Å². The number of aromatic nitrogens is 3. The van der Waals surface area contributed by atoms with Crippen LogP contribution in [0.15, 0.2) is 71.5 Å². The van der Waals surface area contributed by atoms with Crippen molar-refractivity contribution in [2.24, 2.45) is 0 Å². The summed E-state index contributed by atoms with van der Waals surface area (Å²) in [6, 6.07) is 16.4. The molecule has 0 aliphatic carbocycles. The minimum Gasteiger partial charge on any atom is -0.334 e. The summed E-state index contributed by atoms with van der Waals surface area (Å²) in [7, 11) is 0. The topological polar surface area (TPSA) is 87.0 Å². The SMILES string of the molecule is Cc1c(-c2nc(-c3ccc(-n4cccc4)cc3)no2)cccc1[N+](=O)[O-]. The van der Waals surface area contributed by atoms with E-state index < -0.39 is 4.92 Å². The summed E-state index contributed by atoms with van der Waals surface area (Å²) in [4.78, 5) is 15.1. The molecule has 0 aliphatic rings. The number of nitro groups is 1. The first-order chi connectivity index (χ1) is 12.6. The van der Waals surface area contributed by atoms with E-state index in [0.717, 1.165) is 11.3 Å². The third-order valence-electron chi connectivity index (χ3n) is 4.19. The lowest BCUT2D eigenvalue weighted by Crippen LogP contribution is -1.93. The number of nitro benzene ring substituents is 1. The Morgan fingerprint density at radius 3 is 2.46 bits per heavy atom. The van der Waals surface area contributed by atoms with Crippen molar-refractivity contribution >= 4 is 5.69 Å². The molecule has 0 radical (unpaired) electrons. The Hall–Kier alpha value is -3.74. The Bertz CT molecular complexity index is 1070. The summed E-state index contributed by atoms with van der Waals surface area (Å²) in [6.07, 6.45) is 3.93. The number of hydrogen-bond donors (Lipinski definition) is 0. The monoisotopic (exact) mass is 346 g/mol. The second kappa shape index (κ2) is 6.29. The van der Waals surface area contributed by atoms with Crippen LogP contribution in [0.4, 0.5) is 5.69 Å². The van der Waals surface area contributed by atoms with E-state index in [1.807, 2.05) is 53.4 Å². The summed E-state index contributed by atoms with van der Waals surface area (Å²) in [5.74, 6) is 0.695. The van der Waals surface area contributed by atoms with Gasteiger partial charge in [0.1, 0.15) is 0 Å². The molecule has 4 rings (SSSR count). The van der Waals surface area contributed by atoms with E-state index in [0.29, 0.717) is 17.0 Å². The Morgan fingerprint density at radius 1 is 1.04 bits per heavy atom. The van der Waals surface area contributed by atoms with Crippen LogP contribution >= 0.6 is 0 Å². The van der Waals surface area contributed by atoms with Crippen LogP contribution in [0, 0.1) is 17.0 Å². The van der Waals surface area contributed by atoms with Crippen molar-refractivity contribution in [3.05, 3.63) is 82.7 Å². The van der Waals surface area contributed by atoms with Gasteiger partial charge in [-0.1, -0.05) is 11.2 Å². The maximum atomic E-state index is 11.1. The van der Waals surface area contributed by atoms with Crippen LogP contribution in [-0.2, 0) is 0 Å². The van der Waals surface area contributed by atoms with Gasteiger partial charge in [-0.3, -0.25) is 10.1 Å². The number of hydrogen-bond acceptors (Lipinski definition) is 5. The molecule has 0 bridgehead atoms. The van der Waals surface area contributed by atoms with Crippen LogP contribution < -0.4 is 0 Å². The zero-order valence-corrected chi connectivity index (χ0v) is 13.9. The van der Waals surface area contributed by atoms with Gasteiger partial charge in [0.2, 0.25) is 5.82 Å². The largest absolute Gasteiger partial charge is 0.334 e. The fourth-order valence-corrected chi connectivity index (χ4v) is 2.79. The van der Waals surface area contributed by atoms with Gasteiger partial charge in [0, 0.05) is 40.8 Å². The quantitative estimate of drug-likeness (QED) is 0.403. The fourth-order valence-electron chi connectivity index (χ4n) is 2.79. The molecule has 0 aliphatic heterocycles. The maximum absolute atomic E-state index is 11.1. The summed E-state index contributed by atoms with van der Waals surface area (Å²) in [5, 5.41) is 15.1. The molecule has 0 unspecified atom stereocenters. The van der Waals surface area contributed by atoms with Crippen LogP contribution in [0.3, 0.4) is 0 Å². The van der Waals surface area contributed by atoms with Crippen molar-refractivity contribution < 1.29 is 9.45 Å². The van der Waals surface area contributed by atoms with Crippen LogP contribution in [0.5, 0.6) is 0 Å². The normalized spacial score (nSPS) is 10.8. The van der Waals surface area contributed by atoms with Crippen molar-refractivity contribution in [3.8, 4) is 28.5 Å². The first-order valence-electron chi connectivity index (χ1n) is 7.95. The van der Waals surface area contributed by atoms with E-state index >= 15 is 0 Å². The second-order valence-corrected chi connectivity index (χ2v) is 5.77. The standard InChI is InChI=1S/C19H14N4O3/c1-13-16(5-4-6-17(13)23(24)25)19-20-18(21-26-19)14-7-9-15(10-8-14)22-11-2-3-12-22/h2-12H,1H3. The van der Waals surface area contributed by atoms with E-state index in [2.05, 4.69) is 10.1 Å². The highest BCUT2D eigenvalue weighted by atomic mass is 16.6. The molecule has 0 amide bonds. The average Bonchev–Trinajstić information content (AvgIpc) is 3.34. The van der Waals surface area contributed by atoms with Gasteiger partial charge in [-0.25, -0.2) is 0 Å². The number of benzene rings is 2. The molecule has 26 heavy (non-hydrogen) atoms. The first kappa shape index (κ1) is 15.8. The van der Waals surface area contributed by atoms with Gasteiger partial charge < -0.3 is 9.09 Å². The highest BCUT2D eigenvalue weighted by Crippen LogP contribution is 2.30. The van der Waals surface area contributed by atoms with Gasteiger partial charge in [0.25, 0.3) is 11.6 Å². The van der Waals surface area contributed by atoms with E-state index in [4.69, 9.17) is 4.52 Å². The highest BCUT2D eigenvalue weighted by molar-refractivity contribution is 5.66. The molecule has 7 nitrogen and oxygen atoms in total. The molecule has 2 aromatic heterocycles. The van der Waals surface area contributed by atoms with Crippen molar-refractivity contribution in [3.63, 3.8) is 0 Å². The molecule has 0 atom stereocenters. The third-order valence-corrected chi connectivity index (χ3v) is 4.19. The lowest BCUT2D eigenvalue weighted by molar-refractivity contribution is -0.385. The molecule has 128 valence electrons.